The number of fused-ring (bicyclic) bond motifs is 1. The van der Waals surface area contributed by atoms with Crippen LogP contribution in [0, 0.1) is 5.41 Å². The van der Waals surface area contributed by atoms with E-state index in [1.54, 1.807) is 0 Å². The Balaban J connectivity index is 2.33. The second-order valence-electron chi connectivity index (χ2n) is 5.86. The summed E-state index contributed by atoms with van der Waals surface area (Å²) >= 11 is 0. The van der Waals surface area contributed by atoms with E-state index in [2.05, 4.69) is 11.9 Å². The summed E-state index contributed by atoms with van der Waals surface area (Å²) in [5.74, 6) is 0.975. The molecule has 1 aromatic carbocycles. The molecule has 2 aromatic rings. The van der Waals surface area contributed by atoms with Crippen molar-refractivity contribution in [2.24, 2.45) is 5.41 Å². The Bertz CT molecular complexity index is 590. The highest BCUT2D eigenvalue weighted by Crippen LogP contribution is 2.26. The molecule has 0 aliphatic carbocycles. The molecule has 0 amide bonds. The summed E-state index contributed by atoms with van der Waals surface area (Å²) in [6.45, 7) is 8.57. The lowest BCUT2D eigenvalue weighted by Gasteiger charge is -2.14. The highest BCUT2D eigenvalue weighted by molar-refractivity contribution is 6.02. The van der Waals surface area contributed by atoms with Gasteiger partial charge < -0.3 is 9.72 Å². The number of carbonyl (C=O) groups excluding carboxylic acids is 1. The van der Waals surface area contributed by atoms with Crippen LogP contribution >= 0.6 is 0 Å². The van der Waals surface area contributed by atoms with Crippen molar-refractivity contribution in [3.05, 3.63) is 30.0 Å². The predicted octanol–water partition coefficient (Wildman–Crippen LogP) is 4.19. The lowest BCUT2D eigenvalue weighted by Crippen LogP contribution is -2.20. The maximum Gasteiger partial charge on any atom is 0.184 e. The lowest BCUT2D eigenvalue weighted by molar-refractivity contribution is 0.0854. The first-order chi connectivity index (χ1) is 8.91. The number of carbonyl (C=O) groups is 1. The third-order valence-electron chi connectivity index (χ3n) is 2.99. The zero-order valence-electron chi connectivity index (χ0n) is 12.0. The predicted molar refractivity (Wildman–Crippen MR) is 77.9 cm³/mol. The zero-order valence-corrected chi connectivity index (χ0v) is 12.0. The van der Waals surface area contributed by atoms with E-state index in [-0.39, 0.29) is 11.2 Å². The average molecular weight is 259 g/mol. The molecule has 1 N–H and O–H groups in total. The summed E-state index contributed by atoms with van der Waals surface area (Å²) in [4.78, 5) is 15.4. The van der Waals surface area contributed by atoms with E-state index in [0.29, 0.717) is 12.3 Å². The van der Waals surface area contributed by atoms with Gasteiger partial charge in [-0.2, -0.15) is 0 Å². The molecule has 2 rings (SSSR count). The number of Topliss-reactive ketones (excluding diaryl/α,β-unsaturated/α-hetero) is 1. The maximum atomic E-state index is 12.2. The third-order valence-corrected chi connectivity index (χ3v) is 2.99. The molecule has 102 valence electrons. The van der Waals surface area contributed by atoms with Crippen molar-refractivity contribution < 1.29 is 9.53 Å². The number of benzene rings is 1. The van der Waals surface area contributed by atoms with Crippen LogP contribution in [0.5, 0.6) is 5.75 Å². The Morgan fingerprint density at radius 1 is 1.26 bits per heavy atom. The first kappa shape index (κ1) is 13.7. The number of hydrogen-bond acceptors (Lipinski definition) is 2. The molecule has 1 heterocycles. The van der Waals surface area contributed by atoms with Gasteiger partial charge in [0.05, 0.1) is 12.3 Å². The largest absolute Gasteiger partial charge is 0.494 e. The van der Waals surface area contributed by atoms with Crippen molar-refractivity contribution in [2.45, 2.75) is 34.1 Å². The van der Waals surface area contributed by atoms with Crippen molar-refractivity contribution >= 4 is 16.7 Å². The van der Waals surface area contributed by atoms with Crippen LogP contribution in [0.1, 0.15) is 44.6 Å². The van der Waals surface area contributed by atoms with E-state index >= 15 is 0 Å². The molecule has 1 aromatic heterocycles. The summed E-state index contributed by atoms with van der Waals surface area (Å²) in [6.07, 6.45) is 0.985. The van der Waals surface area contributed by atoms with Crippen LogP contribution in [-0.2, 0) is 0 Å². The molecule has 0 bridgehead atoms. The number of hydrogen-bond donors (Lipinski definition) is 1. The highest BCUT2D eigenvalue weighted by Gasteiger charge is 2.24. The summed E-state index contributed by atoms with van der Waals surface area (Å²) < 4.78 is 5.60. The number of H-pyrrole nitrogens is 1. The Labute approximate surface area is 114 Å². The van der Waals surface area contributed by atoms with Gasteiger partial charge >= 0.3 is 0 Å². The van der Waals surface area contributed by atoms with E-state index in [0.717, 1.165) is 23.1 Å². The van der Waals surface area contributed by atoms with Crippen LogP contribution in [0.15, 0.2) is 24.3 Å². The highest BCUT2D eigenvalue weighted by atomic mass is 16.5. The molecular weight excluding hydrogens is 238 g/mol. The van der Waals surface area contributed by atoms with Crippen molar-refractivity contribution in [3.63, 3.8) is 0 Å². The van der Waals surface area contributed by atoms with Gasteiger partial charge in [0.1, 0.15) is 5.75 Å². The van der Waals surface area contributed by atoms with Crippen LogP contribution in [0.25, 0.3) is 10.9 Å². The third kappa shape index (κ3) is 2.98. The van der Waals surface area contributed by atoms with Gasteiger partial charge in [0, 0.05) is 16.3 Å². The molecule has 3 nitrogen and oxygen atoms in total. The quantitative estimate of drug-likeness (QED) is 0.837. The Morgan fingerprint density at radius 3 is 2.63 bits per heavy atom. The normalized spacial score (nSPS) is 11.8. The smallest absolute Gasteiger partial charge is 0.184 e. The molecule has 0 saturated carbocycles. The molecule has 0 aliphatic heterocycles. The number of aromatic amines is 1. The van der Waals surface area contributed by atoms with E-state index in [9.17, 15) is 4.79 Å². The molecule has 0 atom stereocenters. The molecule has 0 radical (unpaired) electrons. The number of nitrogens with one attached hydrogen (secondary N) is 1. The summed E-state index contributed by atoms with van der Waals surface area (Å²) in [6, 6.07) is 7.77. The van der Waals surface area contributed by atoms with Crippen LogP contribution in [0.4, 0.5) is 0 Å². The van der Waals surface area contributed by atoms with Crippen LogP contribution in [0.2, 0.25) is 0 Å². The van der Waals surface area contributed by atoms with Crippen molar-refractivity contribution in [1.82, 2.24) is 4.98 Å². The Kier molecular flexibility index (Phi) is 3.65. The van der Waals surface area contributed by atoms with Crippen LogP contribution in [-0.4, -0.2) is 17.4 Å². The van der Waals surface area contributed by atoms with Crippen molar-refractivity contribution in [1.29, 1.82) is 0 Å². The SMILES string of the molecule is CCCOc1ccc2[nH]c(C(=O)C(C)(C)C)cc2c1. The molecule has 0 fully saturated rings. The van der Waals surface area contributed by atoms with Gasteiger partial charge in [-0.05, 0) is 30.7 Å². The second-order valence-corrected chi connectivity index (χ2v) is 5.86. The molecule has 0 unspecified atom stereocenters. The molecule has 0 spiro atoms. The molecule has 19 heavy (non-hydrogen) atoms. The average Bonchev–Trinajstić information content (AvgIpc) is 2.76. The van der Waals surface area contributed by atoms with Crippen LogP contribution < -0.4 is 4.74 Å². The Morgan fingerprint density at radius 2 is 2.00 bits per heavy atom. The summed E-state index contributed by atoms with van der Waals surface area (Å²) in [5.41, 5.74) is 1.26. The van der Waals surface area contributed by atoms with E-state index in [4.69, 9.17) is 4.74 Å². The molecule has 0 aliphatic rings. The van der Waals surface area contributed by atoms with Gasteiger partial charge in [0.15, 0.2) is 5.78 Å². The second kappa shape index (κ2) is 5.08. The minimum Gasteiger partial charge on any atom is -0.494 e. The standard InChI is InChI=1S/C16H21NO2/c1-5-8-19-12-6-7-13-11(9-12)10-14(17-13)15(18)16(2,3)4/h6-7,9-10,17H,5,8H2,1-4H3. The van der Waals surface area contributed by atoms with E-state index < -0.39 is 0 Å². The summed E-state index contributed by atoms with van der Waals surface area (Å²) in [7, 11) is 0. The minimum absolute atomic E-state index is 0.125. The first-order valence-electron chi connectivity index (χ1n) is 6.72. The van der Waals surface area contributed by atoms with E-state index in [1.165, 1.54) is 0 Å². The number of ketones is 1. The van der Waals surface area contributed by atoms with Crippen LogP contribution in [0.3, 0.4) is 0 Å². The van der Waals surface area contributed by atoms with E-state index in [1.807, 2.05) is 45.0 Å². The van der Waals surface area contributed by atoms with Gasteiger partial charge in [-0.25, -0.2) is 0 Å². The topological polar surface area (TPSA) is 42.1 Å². The van der Waals surface area contributed by atoms with Crippen molar-refractivity contribution in [2.75, 3.05) is 6.61 Å². The molecule has 0 saturated heterocycles. The van der Waals surface area contributed by atoms with Crippen molar-refractivity contribution in [3.8, 4) is 5.75 Å². The Hall–Kier alpha value is -1.77. The fourth-order valence-electron chi connectivity index (χ4n) is 1.95. The maximum absolute atomic E-state index is 12.2. The lowest BCUT2D eigenvalue weighted by atomic mass is 9.89. The first-order valence-corrected chi connectivity index (χ1v) is 6.72. The summed E-state index contributed by atoms with van der Waals surface area (Å²) in [5, 5.41) is 1.02. The number of ether oxygens (including phenoxy) is 1. The van der Waals surface area contributed by atoms with Gasteiger partial charge in [-0.3, -0.25) is 4.79 Å². The fraction of sp³-hybridized carbons (Fsp3) is 0.438. The van der Waals surface area contributed by atoms with Gasteiger partial charge in [-0.15, -0.1) is 0 Å². The number of aromatic nitrogens is 1. The fourth-order valence-corrected chi connectivity index (χ4v) is 1.95. The zero-order chi connectivity index (χ0) is 14.0. The van der Waals surface area contributed by atoms with Gasteiger partial charge in [-0.1, -0.05) is 27.7 Å². The van der Waals surface area contributed by atoms with Gasteiger partial charge in [0.25, 0.3) is 0 Å². The minimum atomic E-state index is -0.373. The monoisotopic (exact) mass is 259 g/mol. The molecule has 3 heteroatoms. The molecular formula is C16H21NO2. The van der Waals surface area contributed by atoms with Gasteiger partial charge in [0.2, 0.25) is 0 Å². The number of rotatable bonds is 4.